The van der Waals surface area contributed by atoms with E-state index < -0.39 is 0 Å². The van der Waals surface area contributed by atoms with Crippen LogP contribution in [0.2, 0.25) is 0 Å². The van der Waals surface area contributed by atoms with E-state index in [0.717, 1.165) is 17.1 Å². The first kappa shape index (κ1) is 14.3. The highest BCUT2D eigenvalue weighted by Gasteiger charge is 2.08. The molecule has 0 aliphatic rings. The summed E-state index contributed by atoms with van der Waals surface area (Å²) in [6.07, 6.45) is 1.99. The molecule has 20 heavy (non-hydrogen) atoms. The molecule has 2 N–H and O–H groups in total. The van der Waals surface area contributed by atoms with Crippen molar-refractivity contribution in [3.05, 3.63) is 42.1 Å². The lowest BCUT2D eigenvalue weighted by Gasteiger charge is -2.06. The summed E-state index contributed by atoms with van der Waals surface area (Å²) in [5, 5.41) is 13.7. The van der Waals surface area contributed by atoms with Crippen LogP contribution in [0.5, 0.6) is 0 Å². The van der Waals surface area contributed by atoms with Crippen LogP contribution in [0, 0.1) is 0 Å². The van der Waals surface area contributed by atoms with E-state index in [1.807, 2.05) is 37.4 Å². The summed E-state index contributed by atoms with van der Waals surface area (Å²) < 4.78 is 0. The van der Waals surface area contributed by atoms with Crippen molar-refractivity contribution in [3.8, 4) is 0 Å². The summed E-state index contributed by atoms with van der Waals surface area (Å²) in [6.45, 7) is 2.74. The number of aromatic nitrogens is 2. The highest BCUT2D eigenvalue weighted by atomic mass is 32.2. The van der Waals surface area contributed by atoms with E-state index in [4.69, 9.17) is 0 Å². The topological polar surface area (TPSA) is 66.9 Å². The Labute approximate surface area is 122 Å². The van der Waals surface area contributed by atoms with Crippen LogP contribution in [-0.4, -0.2) is 28.9 Å². The van der Waals surface area contributed by atoms with Gasteiger partial charge in [0.15, 0.2) is 5.69 Å². The van der Waals surface area contributed by atoms with Gasteiger partial charge in [-0.3, -0.25) is 4.79 Å². The van der Waals surface area contributed by atoms with Crippen LogP contribution >= 0.6 is 11.8 Å². The first-order valence-corrected chi connectivity index (χ1v) is 7.48. The summed E-state index contributed by atoms with van der Waals surface area (Å²) in [5.74, 6) is 0.396. The van der Waals surface area contributed by atoms with Crippen LogP contribution in [0.1, 0.15) is 17.4 Å². The van der Waals surface area contributed by atoms with Crippen molar-refractivity contribution >= 4 is 29.2 Å². The summed E-state index contributed by atoms with van der Waals surface area (Å²) in [7, 11) is 0. The van der Waals surface area contributed by atoms with E-state index >= 15 is 0 Å². The fraction of sp³-hybridized carbons (Fsp3) is 0.214. The van der Waals surface area contributed by atoms with Crippen LogP contribution < -0.4 is 10.6 Å². The standard InChI is InChI=1S/C14H16N4OS/c1-3-15-13-8-7-12(17-18-13)14(19)16-10-5-4-6-11(9-10)20-2/h4-9H,3H2,1-2H3,(H,15,18)(H,16,19). The van der Waals surface area contributed by atoms with Gasteiger partial charge in [-0.2, -0.15) is 0 Å². The molecule has 104 valence electrons. The molecule has 2 aromatic rings. The van der Waals surface area contributed by atoms with E-state index in [1.54, 1.807) is 23.9 Å². The monoisotopic (exact) mass is 288 g/mol. The minimum absolute atomic E-state index is 0.265. The van der Waals surface area contributed by atoms with Gasteiger partial charge in [-0.1, -0.05) is 6.07 Å². The third-order valence-corrected chi connectivity index (χ3v) is 3.31. The smallest absolute Gasteiger partial charge is 0.276 e. The summed E-state index contributed by atoms with van der Waals surface area (Å²) in [6, 6.07) is 11.1. The molecule has 0 saturated heterocycles. The number of nitrogens with one attached hydrogen (secondary N) is 2. The van der Waals surface area contributed by atoms with E-state index in [-0.39, 0.29) is 5.91 Å². The van der Waals surface area contributed by atoms with Crippen LogP contribution in [0.15, 0.2) is 41.3 Å². The van der Waals surface area contributed by atoms with Gasteiger partial charge in [0.05, 0.1) is 0 Å². The molecule has 0 atom stereocenters. The molecule has 0 bridgehead atoms. The molecule has 2 rings (SSSR count). The predicted octanol–water partition coefficient (Wildman–Crippen LogP) is 2.88. The zero-order valence-electron chi connectivity index (χ0n) is 11.4. The zero-order valence-corrected chi connectivity index (χ0v) is 12.2. The maximum Gasteiger partial charge on any atom is 0.276 e. The highest BCUT2D eigenvalue weighted by Crippen LogP contribution is 2.19. The lowest BCUT2D eigenvalue weighted by Crippen LogP contribution is -2.14. The van der Waals surface area contributed by atoms with Crippen molar-refractivity contribution in [2.45, 2.75) is 11.8 Å². The number of nitrogens with zero attached hydrogens (tertiary/aromatic N) is 2. The number of rotatable bonds is 5. The Hall–Kier alpha value is -2.08. The van der Waals surface area contributed by atoms with Gasteiger partial charge in [-0.15, -0.1) is 22.0 Å². The molecule has 0 unspecified atom stereocenters. The molecule has 0 saturated carbocycles. The number of benzene rings is 1. The molecule has 0 aliphatic carbocycles. The Morgan fingerprint density at radius 2 is 2.10 bits per heavy atom. The number of carbonyl (C=O) groups is 1. The summed E-state index contributed by atoms with van der Waals surface area (Å²) in [4.78, 5) is 13.1. The van der Waals surface area contributed by atoms with Crippen molar-refractivity contribution in [2.75, 3.05) is 23.4 Å². The van der Waals surface area contributed by atoms with Crippen molar-refractivity contribution in [2.24, 2.45) is 0 Å². The van der Waals surface area contributed by atoms with E-state index in [9.17, 15) is 4.79 Å². The second-order valence-corrected chi connectivity index (χ2v) is 4.90. The van der Waals surface area contributed by atoms with E-state index in [1.165, 1.54) is 0 Å². The van der Waals surface area contributed by atoms with Crippen molar-refractivity contribution in [1.29, 1.82) is 0 Å². The molecule has 0 radical (unpaired) electrons. The zero-order chi connectivity index (χ0) is 14.4. The molecule has 1 aromatic heterocycles. The number of anilines is 2. The van der Waals surface area contributed by atoms with Crippen LogP contribution in [0.4, 0.5) is 11.5 Å². The normalized spacial score (nSPS) is 10.1. The Morgan fingerprint density at radius 1 is 1.25 bits per heavy atom. The van der Waals surface area contributed by atoms with Gasteiger partial charge in [0.25, 0.3) is 5.91 Å². The molecule has 0 spiro atoms. The average molecular weight is 288 g/mol. The number of amides is 1. The maximum atomic E-state index is 12.0. The number of thioether (sulfide) groups is 1. The molecule has 0 fully saturated rings. The lowest BCUT2D eigenvalue weighted by molar-refractivity contribution is 0.102. The molecule has 1 amide bonds. The number of hydrogen-bond donors (Lipinski definition) is 2. The van der Waals surface area contributed by atoms with Crippen molar-refractivity contribution in [3.63, 3.8) is 0 Å². The Bertz CT molecular complexity index is 586. The second-order valence-electron chi connectivity index (χ2n) is 4.02. The third kappa shape index (κ3) is 3.71. The Morgan fingerprint density at radius 3 is 2.75 bits per heavy atom. The van der Waals surface area contributed by atoms with Crippen molar-refractivity contribution in [1.82, 2.24) is 10.2 Å². The van der Waals surface area contributed by atoms with Gasteiger partial charge in [0.2, 0.25) is 0 Å². The largest absolute Gasteiger partial charge is 0.369 e. The molecule has 5 nitrogen and oxygen atoms in total. The summed E-state index contributed by atoms with van der Waals surface area (Å²) in [5.41, 5.74) is 1.04. The van der Waals surface area contributed by atoms with E-state index in [2.05, 4.69) is 20.8 Å². The highest BCUT2D eigenvalue weighted by molar-refractivity contribution is 7.98. The van der Waals surface area contributed by atoms with Crippen molar-refractivity contribution < 1.29 is 4.79 Å². The molecule has 1 aromatic carbocycles. The Balaban J connectivity index is 2.07. The fourth-order valence-corrected chi connectivity index (χ4v) is 2.08. The molecule has 1 heterocycles. The molecule has 6 heteroatoms. The minimum Gasteiger partial charge on any atom is -0.369 e. The van der Waals surface area contributed by atoms with Crippen LogP contribution in [0.3, 0.4) is 0 Å². The van der Waals surface area contributed by atoms with Gasteiger partial charge in [-0.05, 0) is 43.5 Å². The molecule has 0 aliphatic heterocycles. The number of carbonyl (C=O) groups excluding carboxylic acids is 1. The van der Waals surface area contributed by atoms with Crippen LogP contribution in [-0.2, 0) is 0 Å². The second kappa shape index (κ2) is 6.91. The fourth-order valence-electron chi connectivity index (χ4n) is 1.62. The van der Waals surface area contributed by atoms with Gasteiger partial charge in [-0.25, -0.2) is 0 Å². The first-order valence-electron chi connectivity index (χ1n) is 6.26. The average Bonchev–Trinajstić information content (AvgIpc) is 2.48. The maximum absolute atomic E-state index is 12.0. The Kier molecular flexibility index (Phi) is 4.95. The third-order valence-electron chi connectivity index (χ3n) is 2.58. The van der Waals surface area contributed by atoms with Crippen LogP contribution in [0.25, 0.3) is 0 Å². The van der Waals surface area contributed by atoms with Gasteiger partial charge < -0.3 is 10.6 Å². The quantitative estimate of drug-likeness (QED) is 0.828. The van der Waals surface area contributed by atoms with E-state index in [0.29, 0.717) is 11.5 Å². The SMILES string of the molecule is CCNc1ccc(C(=O)Nc2cccc(SC)c2)nn1. The first-order chi connectivity index (χ1) is 9.72. The number of hydrogen-bond acceptors (Lipinski definition) is 5. The minimum atomic E-state index is -0.265. The van der Waals surface area contributed by atoms with Gasteiger partial charge in [0, 0.05) is 17.1 Å². The summed E-state index contributed by atoms with van der Waals surface area (Å²) >= 11 is 1.63. The predicted molar refractivity (Wildman–Crippen MR) is 82.4 cm³/mol. The van der Waals surface area contributed by atoms with Gasteiger partial charge >= 0.3 is 0 Å². The molecular formula is C14H16N4OS. The molecular weight excluding hydrogens is 272 g/mol. The lowest BCUT2D eigenvalue weighted by atomic mass is 10.3. The van der Waals surface area contributed by atoms with Gasteiger partial charge in [0.1, 0.15) is 5.82 Å².